The number of benzene rings is 1. The lowest BCUT2D eigenvalue weighted by Crippen LogP contribution is -2.09. The lowest BCUT2D eigenvalue weighted by atomic mass is 10.2. The maximum atomic E-state index is 6.99. The van der Waals surface area contributed by atoms with Crippen molar-refractivity contribution >= 4 is 22.7 Å². The highest BCUT2D eigenvalue weighted by atomic mass is 16.5. The molecule has 122 valence electrons. The first-order valence-corrected chi connectivity index (χ1v) is 7.27. The van der Waals surface area contributed by atoms with Crippen molar-refractivity contribution in [3.05, 3.63) is 47.6 Å². The molecule has 24 heavy (non-hydrogen) atoms. The maximum absolute atomic E-state index is 6.99. The van der Waals surface area contributed by atoms with Gasteiger partial charge in [-0.05, 0) is 5.56 Å². The highest BCUT2D eigenvalue weighted by Gasteiger charge is 2.12. The molecule has 0 amide bonds. The third-order valence-electron chi connectivity index (χ3n) is 3.41. The third-order valence-corrected chi connectivity index (χ3v) is 3.41. The molecule has 1 aromatic carbocycles. The molecule has 8 heteroatoms. The summed E-state index contributed by atoms with van der Waals surface area (Å²) in [6, 6.07) is 7.57. The second-order valence-electron chi connectivity index (χ2n) is 5.06. The highest BCUT2D eigenvalue weighted by Crippen LogP contribution is 2.21. The molecule has 3 aromatic rings. The first-order valence-electron chi connectivity index (χ1n) is 7.27. The van der Waals surface area contributed by atoms with Gasteiger partial charge in [-0.25, -0.2) is 9.83 Å². The van der Waals surface area contributed by atoms with E-state index in [-0.39, 0.29) is 11.8 Å². The van der Waals surface area contributed by atoms with Crippen LogP contribution >= 0.6 is 0 Å². The Kier molecular flexibility index (Phi) is 4.54. The van der Waals surface area contributed by atoms with Gasteiger partial charge in [0.05, 0.1) is 26.1 Å². The summed E-state index contributed by atoms with van der Waals surface area (Å²) in [6.45, 7) is 8.33. The van der Waals surface area contributed by atoms with E-state index < -0.39 is 0 Å². The average Bonchev–Trinajstić information content (AvgIpc) is 2.99. The van der Waals surface area contributed by atoms with Crippen LogP contribution in [0.3, 0.4) is 0 Å². The SMILES string of the molecule is [C-]#[N+]c1ccc(Cn2cnc3c(N)nc(OCCOC)nc32)cc1. The molecule has 8 nitrogen and oxygen atoms in total. The van der Waals surface area contributed by atoms with Crippen LogP contribution in [0.2, 0.25) is 0 Å². The second kappa shape index (κ2) is 6.93. The van der Waals surface area contributed by atoms with Crippen LogP contribution in [0.4, 0.5) is 11.5 Å². The Morgan fingerprint density at radius 2 is 2.00 bits per heavy atom. The number of nitrogens with two attached hydrogens (primary N) is 1. The fourth-order valence-electron chi connectivity index (χ4n) is 2.21. The predicted octanol–water partition coefficient (Wildman–Crippen LogP) is 2.03. The number of aromatic nitrogens is 4. The van der Waals surface area contributed by atoms with E-state index in [1.54, 1.807) is 25.6 Å². The summed E-state index contributed by atoms with van der Waals surface area (Å²) in [6.07, 6.45) is 1.66. The van der Waals surface area contributed by atoms with E-state index in [2.05, 4.69) is 19.8 Å². The molecule has 0 radical (unpaired) electrons. The zero-order chi connectivity index (χ0) is 16.9. The van der Waals surface area contributed by atoms with Gasteiger partial charge in [0.25, 0.3) is 0 Å². The van der Waals surface area contributed by atoms with Crippen LogP contribution in [-0.2, 0) is 11.3 Å². The van der Waals surface area contributed by atoms with Crippen molar-refractivity contribution in [2.45, 2.75) is 6.54 Å². The fourth-order valence-corrected chi connectivity index (χ4v) is 2.21. The molecular weight excluding hydrogens is 308 g/mol. The minimum Gasteiger partial charge on any atom is -0.461 e. The summed E-state index contributed by atoms with van der Waals surface area (Å²) < 4.78 is 12.2. The van der Waals surface area contributed by atoms with Gasteiger partial charge in [0.2, 0.25) is 0 Å². The van der Waals surface area contributed by atoms with Crippen LogP contribution < -0.4 is 10.5 Å². The summed E-state index contributed by atoms with van der Waals surface area (Å²) in [4.78, 5) is 16.1. The van der Waals surface area contributed by atoms with Crippen LogP contribution in [0.1, 0.15) is 5.56 Å². The lowest BCUT2D eigenvalue weighted by molar-refractivity contribution is 0.141. The van der Waals surface area contributed by atoms with E-state index in [9.17, 15) is 0 Å². The minimum absolute atomic E-state index is 0.196. The summed E-state index contributed by atoms with van der Waals surface area (Å²) >= 11 is 0. The molecule has 3 rings (SSSR count). The summed E-state index contributed by atoms with van der Waals surface area (Å²) in [5.41, 5.74) is 8.70. The van der Waals surface area contributed by atoms with Crippen LogP contribution in [0.25, 0.3) is 16.0 Å². The summed E-state index contributed by atoms with van der Waals surface area (Å²) in [7, 11) is 1.59. The van der Waals surface area contributed by atoms with Gasteiger partial charge in [0.15, 0.2) is 22.7 Å². The standard InChI is InChI=1S/C16H16N6O2/c1-18-12-5-3-11(4-6-12)9-22-10-19-13-14(17)20-16(21-15(13)22)24-8-7-23-2/h3-6,10H,7-9H2,2H3,(H2,17,20,21). The van der Waals surface area contributed by atoms with E-state index >= 15 is 0 Å². The van der Waals surface area contributed by atoms with Gasteiger partial charge in [-0.3, -0.25) is 0 Å². The first-order chi connectivity index (χ1) is 11.7. The van der Waals surface area contributed by atoms with E-state index in [4.69, 9.17) is 21.8 Å². The molecule has 0 aliphatic heterocycles. The second-order valence-corrected chi connectivity index (χ2v) is 5.06. The molecule has 0 bridgehead atoms. The number of hydrogen-bond donors (Lipinski definition) is 1. The van der Waals surface area contributed by atoms with E-state index in [0.717, 1.165) is 5.56 Å². The van der Waals surface area contributed by atoms with E-state index in [0.29, 0.717) is 36.6 Å². The van der Waals surface area contributed by atoms with Crippen LogP contribution in [0, 0.1) is 6.57 Å². The molecule has 0 fully saturated rings. The number of fused-ring (bicyclic) bond motifs is 1. The highest BCUT2D eigenvalue weighted by molar-refractivity contribution is 5.81. The first kappa shape index (κ1) is 15.7. The van der Waals surface area contributed by atoms with Crippen molar-refractivity contribution in [1.29, 1.82) is 0 Å². The molecule has 0 unspecified atom stereocenters. The van der Waals surface area contributed by atoms with Crippen LogP contribution in [0.5, 0.6) is 6.01 Å². The number of anilines is 1. The number of ether oxygens (including phenoxy) is 2. The number of nitrogen functional groups attached to an aromatic ring is 1. The minimum atomic E-state index is 0.196. The number of methoxy groups -OCH3 is 1. The zero-order valence-corrected chi connectivity index (χ0v) is 13.1. The van der Waals surface area contributed by atoms with Crippen molar-refractivity contribution in [2.24, 2.45) is 0 Å². The molecule has 0 spiro atoms. The molecular formula is C16H16N6O2. The van der Waals surface area contributed by atoms with Gasteiger partial charge in [-0.15, -0.1) is 0 Å². The Hall–Kier alpha value is -3.18. The lowest BCUT2D eigenvalue weighted by Gasteiger charge is -2.07. The maximum Gasteiger partial charge on any atom is 0.320 e. The predicted molar refractivity (Wildman–Crippen MR) is 88.9 cm³/mol. The molecule has 0 aliphatic rings. The molecule has 2 aromatic heterocycles. The fraction of sp³-hybridized carbons (Fsp3) is 0.250. The number of rotatable bonds is 6. The van der Waals surface area contributed by atoms with Crippen molar-refractivity contribution < 1.29 is 9.47 Å². The van der Waals surface area contributed by atoms with Crippen LogP contribution in [0.15, 0.2) is 30.6 Å². The van der Waals surface area contributed by atoms with Gasteiger partial charge >= 0.3 is 6.01 Å². The monoisotopic (exact) mass is 324 g/mol. The molecule has 2 heterocycles. The molecule has 2 N–H and O–H groups in total. The third kappa shape index (κ3) is 3.26. The Bertz CT molecular complexity index is 882. The topological polar surface area (TPSA) is 92.4 Å². The van der Waals surface area contributed by atoms with Crippen LogP contribution in [-0.4, -0.2) is 39.8 Å². The van der Waals surface area contributed by atoms with E-state index in [1.165, 1.54) is 0 Å². The van der Waals surface area contributed by atoms with Gasteiger partial charge < -0.3 is 19.8 Å². The average molecular weight is 324 g/mol. The largest absolute Gasteiger partial charge is 0.461 e. The molecule has 0 saturated carbocycles. The Labute approximate surface area is 138 Å². The molecule has 0 aliphatic carbocycles. The van der Waals surface area contributed by atoms with Gasteiger partial charge in [-0.1, -0.05) is 24.3 Å². The van der Waals surface area contributed by atoms with Crippen molar-refractivity contribution in [1.82, 2.24) is 19.5 Å². The Balaban J connectivity index is 1.88. The summed E-state index contributed by atoms with van der Waals surface area (Å²) in [5, 5.41) is 0. The van der Waals surface area contributed by atoms with Gasteiger partial charge in [0, 0.05) is 7.11 Å². The van der Waals surface area contributed by atoms with Gasteiger partial charge in [-0.2, -0.15) is 9.97 Å². The zero-order valence-electron chi connectivity index (χ0n) is 13.1. The van der Waals surface area contributed by atoms with Crippen molar-refractivity contribution in [3.8, 4) is 6.01 Å². The number of nitrogens with zero attached hydrogens (tertiary/aromatic N) is 5. The molecule has 0 saturated heterocycles. The Morgan fingerprint density at radius 3 is 2.71 bits per heavy atom. The smallest absolute Gasteiger partial charge is 0.320 e. The number of hydrogen-bond acceptors (Lipinski definition) is 6. The Morgan fingerprint density at radius 1 is 1.21 bits per heavy atom. The molecule has 0 atom stereocenters. The van der Waals surface area contributed by atoms with E-state index in [1.807, 2.05) is 16.7 Å². The normalized spacial score (nSPS) is 10.7. The quantitative estimate of drug-likeness (QED) is 0.551. The summed E-state index contributed by atoms with van der Waals surface area (Å²) in [5.74, 6) is 0.273. The van der Waals surface area contributed by atoms with Gasteiger partial charge in [0.1, 0.15) is 6.61 Å². The number of imidazole rings is 1. The van der Waals surface area contributed by atoms with Crippen molar-refractivity contribution in [2.75, 3.05) is 26.1 Å². The van der Waals surface area contributed by atoms with Crippen molar-refractivity contribution in [3.63, 3.8) is 0 Å².